The van der Waals surface area contributed by atoms with E-state index in [1.54, 1.807) is 36.4 Å². The molecule has 3 aromatic rings. The van der Waals surface area contributed by atoms with Crippen LogP contribution in [-0.4, -0.2) is 52.3 Å². The van der Waals surface area contributed by atoms with Crippen LogP contribution in [-0.2, 0) is 16.0 Å². The lowest BCUT2D eigenvalue weighted by Crippen LogP contribution is -2.49. The van der Waals surface area contributed by atoms with Crippen molar-refractivity contribution in [3.8, 4) is 11.1 Å². The number of aliphatic carboxylic acids is 1. The van der Waals surface area contributed by atoms with Gasteiger partial charge in [-0.25, -0.2) is 13.2 Å². The molecule has 1 amide bonds. The van der Waals surface area contributed by atoms with Gasteiger partial charge < -0.3 is 15.0 Å². The summed E-state index contributed by atoms with van der Waals surface area (Å²) in [5.74, 6) is -3.13. The van der Waals surface area contributed by atoms with Gasteiger partial charge in [-0.15, -0.1) is 0 Å². The Morgan fingerprint density at radius 3 is 2.20 bits per heavy atom. The van der Waals surface area contributed by atoms with Crippen LogP contribution in [0.2, 0.25) is 0 Å². The number of pyridine rings is 1. The van der Waals surface area contributed by atoms with E-state index < -0.39 is 47.9 Å². The van der Waals surface area contributed by atoms with Crippen LogP contribution in [0.1, 0.15) is 49.9 Å². The summed E-state index contributed by atoms with van der Waals surface area (Å²) in [5, 5.41) is 12.3. The Morgan fingerprint density at radius 2 is 1.63 bits per heavy atom. The second kappa shape index (κ2) is 13.2. The van der Waals surface area contributed by atoms with Crippen LogP contribution in [0.15, 0.2) is 65.6 Å². The van der Waals surface area contributed by atoms with Crippen molar-refractivity contribution in [2.24, 2.45) is 5.92 Å². The molecular weight excluding hydrogens is 535 g/mol. The van der Waals surface area contributed by atoms with E-state index in [-0.39, 0.29) is 18.2 Å². The highest BCUT2D eigenvalue weighted by molar-refractivity contribution is 5.81. The molecule has 1 fully saturated rings. The summed E-state index contributed by atoms with van der Waals surface area (Å²) in [6.07, 6.45) is 0.784. The van der Waals surface area contributed by atoms with E-state index in [1.165, 1.54) is 18.3 Å². The topological polar surface area (TPSA) is 91.6 Å². The molecule has 1 aliphatic rings. The highest BCUT2D eigenvalue weighted by Gasteiger charge is 2.29. The van der Waals surface area contributed by atoms with Crippen molar-refractivity contribution in [1.82, 2.24) is 14.8 Å². The number of carboxylic acids is 1. The number of alkyl halides is 1. The Balaban J connectivity index is 1.58. The zero-order valence-electron chi connectivity index (χ0n) is 23.0. The van der Waals surface area contributed by atoms with E-state index >= 15 is 0 Å². The molecule has 2 N–H and O–H groups in total. The Morgan fingerprint density at radius 1 is 1.02 bits per heavy atom. The lowest BCUT2D eigenvalue weighted by Gasteiger charge is -2.34. The van der Waals surface area contributed by atoms with E-state index in [2.05, 4.69) is 5.32 Å². The quantitative estimate of drug-likeness (QED) is 0.324. The van der Waals surface area contributed by atoms with Gasteiger partial charge in [0.2, 0.25) is 5.91 Å². The number of hydrogen-bond donors (Lipinski definition) is 2. The monoisotopic (exact) mass is 569 g/mol. The third kappa shape index (κ3) is 7.85. The van der Waals surface area contributed by atoms with Gasteiger partial charge in [-0.1, -0.05) is 50.2 Å². The van der Waals surface area contributed by atoms with Gasteiger partial charge in [-0.2, -0.15) is 0 Å². The van der Waals surface area contributed by atoms with Gasteiger partial charge in [-0.05, 0) is 59.2 Å². The van der Waals surface area contributed by atoms with Gasteiger partial charge in [0.15, 0.2) is 5.82 Å². The average molecular weight is 570 g/mol. The van der Waals surface area contributed by atoms with Crippen molar-refractivity contribution in [3.05, 3.63) is 93.9 Å². The summed E-state index contributed by atoms with van der Waals surface area (Å²) < 4.78 is 42.3. The average Bonchev–Trinajstić information content (AvgIpc) is 2.91. The van der Waals surface area contributed by atoms with E-state index in [4.69, 9.17) is 0 Å². The molecule has 0 spiro atoms. The number of nitrogens with one attached hydrogen (secondary N) is 1. The standard InChI is InChI=1S/C31H34F3N3O4/c1-19(2)13-28(37-16-20(14-26(34)31(37)41)11-12-36-17-25(33)18-36)30(40)35-27(15-29(38)39)23-5-3-21(4-6-23)22-7-9-24(32)10-8-22/h3-10,14,16,19,25,27-28H,11-13,15,17-18H2,1-2H3,(H,35,40)(H,38,39)/t27-,28-/m0/s1. The van der Waals surface area contributed by atoms with Gasteiger partial charge in [-0.3, -0.25) is 19.3 Å². The van der Waals surface area contributed by atoms with Gasteiger partial charge in [0.05, 0.1) is 12.5 Å². The number of benzene rings is 2. The predicted octanol–water partition coefficient (Wildman–Crippen LogP) is 4.91. The van der Waals surface area contributed by atoms with Crippen molar-refractivity contribution >= 4 is 11.9 Å². The number of amides is 1. The number of halogens is 3. The molecule has 2 atom stereocenters. The SMILES string of the molecule is CC(C)C[C@@H](C(=O)N[C@@H](CC(=O)O)c1ccc(-c2ccc(F)cc2)cc1)n1cc(CCN2CC(F)C2)cc(F)c1=O. The number of carbonyl (C=O) groups excluding carboxylic acids is 1. The molecule has 2 heterocycles. The molecule has 218 valence electrons. The fourth-order valence-corrected chi connectivity index (χ4v) is 5.01. The summed E-state index contributed by atoms with van der Waals surface area (Å²) in [5.41, 5.74) is 1.65. The van der Waals surface area contributed by atoms with Crippen molar-refractivity contribution in [2.45, 2.75) is 51.4 Å². The van der Waals surface area contributed by atoms with Gasteiger partial charge in [0.25, 0.3) is 5.56 Å². The van der Waals surface area contributed by atoms with Crippen molar-refractivity contribution in [2.75, 3.05) is 19.6 Å². The van der Waals surface area contributed by atoms with Gasteiger partial charge in [0, 0.05) is 25.8 Å². The number of nitrogens with zero attached hydrogens (tertiary/aromatic N) is 2. The van der Waals surface area contributed by atoms with Crippen LogP contribution in [0.25, 0.3) is 11.1 Å². The molecule has 1 saturated heterocycles. The second-order valence-electron chi connectivity index (χ2n) is 10.9. The van der Waals surface area contributed by atoms with Gasteiger partial charge in [0.1, 0.15) is 18.0 Å². The van der Waals surface area contributed by atoms with Crippen molar-refractivity contribution in [3.63, 3.8) is 0 Å². The molecule has 0 bridgehead atoms. The first-order chi connectivity index (χ1) is 19.5. The number of carboxylic acid groups (broad SMARTS) is 1. The summed E-state index contributed by atoms with van der Waals surface area (Å²) in [6, 6.07) is 12.0. The molecule has 0 aliphatic carbocycles. The first kappa shape index (κ1) is 30.0. The summed E-state index contributed by atoms with van der Waals surface area (Å²) >= 11 is 0. The molecule has 1 aliphatic heterocycles. The van der Waals surface area contributed by atoms with Crippen molar-refractivity contribution in [1.29, 1.82) is 0 Å². The van der Waals surface area contributed by atoms with Crippen LogP contribution in [0.4, 0.5) is 13.2 Å². The lowest BCUT2D eigenvalue weighted by molar-refractivity contribution is -0.138. The van der Waals surface area contributed by atoms with Crippen LogP contribution in [0, 0.1) is 17.6 Å². The zero-order valence-corrected chi connectivity index (χ0v) is 23.0. The molecule has 4 rings (SSSR count). The highest BCUT2D eigenvalue weighted by Crippen LogP contribution is 2.26. The van der Waals surface area contributed by atoms with E-state index in [0.29, 0.717) is 37.2 Å². The Bertz CT molecular complexity index is 1420. The summed E-state index contributed by atoms with van der Waals surface area (Å²) in [4.78, 5) is 40.1. The maximum atomic E-state index is 14.7. The molecule has 7 nitrogen and oxygen atoms in total. The van der Waals surface area contributed by atoms with E-state index in [0.717, 1.165) is 21.8 Å². The maximum Gasteiger partial charge on any atom is 0.305 e. The second-order valence-corrected chi connectivity index (χ2v) is 10.9. The fraction of sp³-hybridized carbons (Fsp3) is 0.387. The van der Waals surface area contributed by atoms with E-state index in [1.807, 2.05) is 18.7 Å². The molecule has 0 unspecified atom stereocenters. The van der Waals surface area contributed by atoms with Crippen LogP contribution in [0.5, 0.6) is 0 Å². The summed E-state index contributed by atoms with van der Waals surface area (Å²) in [6.45, 7) is 4.86. The maximum absolute atomic E-state index is 14.7. The number of likely N-dealkylation sites (tertiary alicyclic amines) is 1. The number of rotatable bonds is 12. The predicted molar refractivity (Wildman–Crippen MR) is 149 cm³/mol. The molecule has 10 heteroatoms. The van der Waals surface area contributed by atoms with E-state index in [9.17, 15) is 32.7 Å². The van der Waals surface area contributed by atoms with Gasteiger partial charge >= 0.3 is 5.97 Å². The number of aromatic nitrogens is 1. The lowest BCUT2D eigenvalue weighted by atomic mass is 9.97. The fourth-order valence-electron chi connectivity index (χ4n) is 5.01. The number of carbonyl (C=O) groups is 2. The molecule has 0 saturated carbocycles. The molecule has 2 aromatic carbocycles. The molecule has 41 heavy (non-hydrogen) atoms. The minimum Gasteiger partial charge on any atom is -0.481 e. The Kier molecular flexibility index (Phi) is 9.65. The third-order valence-electron chi connectivity index (χ3n) is 7.20. The largest absolute Gasteiger partial charge is 0.481 e. The highest BCUT2D eigenvalue weighted by atomic mass is 19.1. The molecular formula is C31H34F3N3O4. The zero-order chi connectivity index (χ0) is 29.7. The minimum absolute atomic E-state index is 0.0418. The van der Waals surface area contributed by atoms with Crippen molar-refractivity contribution < 1.29 is 27.9 Å². The minimum atomic E-state index is -1.13. The smallest absolute Gasteiger partial charge is 0.305 e. The first-order valence-corrected chi connectivity index (χ1v) is 13.6. The van der Waals surface area contributed by atoms with Crippen LogP contribution < -0.4 is 10.9 Å². The number of hydrogen-bond acceptors (Lipinski definition) is 4. The first-order valence-electron chi connectivity index (χ1n) is 13.6. The molecule has 1 aromatic heterocycles. The summed E-state index contributed by atoms with van der Waals surface area (Å²) in [7, 11) is 0. The third-order valence-corrected chi connectivity index (χ3v) is 7.20. The Labute approximate surface area is 236 Å². The van der Waals surface area contributed by atoms with Crippen LogP contribution >= 0.6 is 0 Å². The Hall–Kier alpha value is -3.92. The van der Waals surface area contributed by atoms with Crippen LogP contribution in [0.3, 0.4) is 0 Å². The molecule has 0 radical (unpaired) electrons. The normalized spacial score (nSPS) is 15.4.